The molecule has 58 heavy (non-hydrogen) atoms. The fourth-order valence-corrected chi connectivity index (χ4v) is 22.3. The Morgan fingerprint density at radius 3 is 1.29 bits per heavy atom. The molecule has 0 saturated heterocycles. The van der Waals surface area contributed by atoms with Gasteiger partial charge in [0, 0.05) is 0 Å². The standard InChI is InChI=1S/C29H41.C21H26.C5H5.2ClH.Hf/c1-26(2,3)22-14-18-13-19-15-23(27(4,5)6)25(29(10,11)12)17-21(19)20(18)16-24(22)28(7,8)9;1-20(2,3)18-11-7-16(8-12-18)15-17-9-13-19(14-10-17)21(4,5)6;1-2-4-5-3-1;;;/h14,16-17H,13H2,1-12H3;7-14H,1-6H3;1-3H,4H2;2*1H;. The molecule has 0 amide bonds. The van der Waals surface area contributed by atoms with Crippen molar-refractivity contribution in [2.45, 2.75) is 170 Å². The van der Waals surface area contributed by atoms with Gasteiger partial charge in [-0.05, 0) is 0 Å². The molecule has 0 atom stereocenters. The van der Waals surface area contributed by atoms with Gasteiger partial charge in [0.25, 0.3) is 0 Å². The first-order chi connectivity index (χ1) is 25.6. The van der Waals surface area contributed by atoms with E-state index in [0.29, 0.717) is 0 Å². The van der Waals surface area contributed by atoms with Gasteiger partial charge in [-0.2, -0.15) is 0 Å². The minimum atomic E-state index is -3.29. The van der Waals surface area contributed by atoms with Gasteiger partial charge < -0.3 is 0 Å². The molecule has 2 aliphatic rings. The number of halogens is 2. The summed E-state index contributed by atoms with van der Waals surface area (Å²) in [6, 6.07) is 27.5. The Morgan fingerprint density at radius 1 is 0.483 bits per heavy atom. The molecule has 0 aromatic heterocycles. The zero-order valence-electron chi connectivity index (χ0n) is 39.3. The third kappa shape index (κ3) is 9.58. The molecule has 0 heterocycles. The normalized spacial score (nSPS) is 14.3. The molecule has 0 saturated carbocycles. The van der Waals surface area contributed by atoms with Crippen molar-refractivity contribution in [2.24, 2.45) is 0 Å². The van der Waals surface area contributed by atoms with Gasteiger partial charge in [-0.25, -0.2) is 0 Å². The summed E-state index contributed by atoms with van der Waals surface area (Å²) in [6.45, 7) is 43.2. The van der Waals surface area contributed by atoms with Crippen LogP contribution in [0.15, 0.2) is 88.3 Å². The average molecular weight is 985 g/mol. The topological polar surface area (TPSA) is 0 Å². The van der Waals surface area contributed by atoms with Crippen molar-refractivity contribution in [1.82, 2.24) is 0 Å². The third-order valence-corrected chi connectivity index (χ3v) is 23.5. The van der Waals surface area contributed by atoms with Gasteiger partial charge in [0.05, 0.1) is 0 Å². The fraction of sp³-hybridized carbons (Fsp3) is 0.473. The molecule has 0 fully saturated rings. The smallest absolute Gasteiger partial charge is 0.147 e. The van der Waals surface area contributed by atoms with Crippen LogP contribution >= 0.6 is 24.8 Å². The summed E-state index contributed by atoms with van der Waals surface area (Å²) >= 11 is -3.29. The van der Waals surface area contributed by atoms with Gasteiger partial charge in [-0.15, -0.1) is 24.8 Å². The minimum Gasteiger partial charge on any atom is -0.147 e. The second-order valence-electron chi connectivity index (χ2n) is 23.2. The van der Waals surface area contributed by atoms with Crippen molar-refractivity contribution in [2.75, 3.05) is 0 Å². The zero-order chi connectivity index (χ0) is 41.6. The quantitative estimate of drug-likeness (QED) is 0.157. The maximum absolute atomic E-state index is 3.29. The van der Waals surface area contributed by atoms with Crippen molar-refractivity contribution in [3.05, 3.63) is 144 Å². The van der Waals surface area contributed by atoms with Gasteiger partial charge in [-0.1, -0.05) is 0 Å². The second-order valence-corrected chi connectivity index (χ2v) is 31.8. The minimum absolute atomic E-state index is 0. The van der Waals surface area contributed by atoms with Crippen LogP contribution in [0.4, 0.5) is 0 Å². The molecule has 6 rings (SSSR count). The number of hydrogen-bond acceptors (Lipinski definition) is 0. The van der Waals surface area contributed by atoms with Crippen molar-refractivity contribution in [3.63, 3.8) is 0 Å². The van der Waals surface area contributed by atoms with Crippen LogP contribution < -0.4 is 3.32 Å². The first-order valence-electron chi connectivity index (χ1n) is 21.3. The maximum Gasteiger partial charge on any atom is -0.147 e. The van der Waals surface area contributed by atoms with E-state index < -0.39 is 21.0 Å². The van der Waals surface area contributed by atoms with Gasteiger partial charge >= 0.3 is 353 Å². The summed E-state index contributed by atoms with van der Waals surface area (Å²) in [6.07, 6.45) is 9.38. The summed E-state index contributed by atoms with van der Waals surface area (Å²) in [5.74, 6) is 0. The van der Waals surface area contributed by atoms with E-state index in [4.69, 9.17) is 0 Å². The molecule has 0 bridgehead atoms. The monoisotopic (exact) mass is 984 g/mol. The third-order valence-electron chi connectivity index (χ3n) is 12.2. The van der Waals surface area contributed by atoms with Crippen LogP contribution in [0.25, 0.3) is 11.1 Å². The maximum atomic E-state index is 2.66. The van der Waals surface area contributed by atoms with Gasteiger partial charge in [0.1, 0.15) is 0 Å². The zero-order valence-corrected chi connectivity index (χ0v) is 44.5. The van der Waals surface area contributed by atoms with Crippen LogP contribution in [0.1, 0.15) is 187 Å². The molecule has 0 unspecified atom stereocenters. The predicted molar refractivity (Wildman–Crippen MR) is 259 cm³/mol. The molecule has 0 aliphatic heterocycles. The van der Waals surface area contributed by atoms with Crippen molar-refractivity contribution in [3.8, 4) is 11.1 Å². The largest absolute Gasteiger partial charge is 0.147 e. The van der Waals surface area contributed by atoms with Crippen LogP contribution in [-0.2, 0) is 59.9 Å². The molecule has 312 valence electrons. The summed E-state index contributed by atoms with van der Waals surface area (Å²) in [7, 11) is 0. The number of rotatable bonds is 4. The Morgan fingerprint density at radius 2 is 0.914 bits per heavy atom. The summed E-state index contributed by atoms with van der Waals surface area (Å²) in [5.41, 5.74) is 18.1. The van der Waals surface area contributed by atoms with Crippen LogP contribution in [0.3, 0.4) is 0 Å². The van der Waals surface area contributed by atoms with E-state index in [2.05, 4.69) is 210 Å². The molecular weight excluding hydrogens is 910 g/mol. The van der Waals surface area contributed by atoms with E-state index in [0.717, 1.165) is 12.8 Å². The first kappa shape index (κ1) is 48.3. The fourth-order valence-electron chi connectivity index (χ4n) is 9.08. The van der Waals surface area contributed by atoms with Crippen LogP contribution in [-0.4, -0.2) is 3.26 Å². The number of benzene rings is 4. The average Bonchev–Trinajstić information content (AvgIpc) is 3.72. The summed E-state index contributed by atoms with van der Waals surface area (Å²) in [4.78, 5) is 0. The molecule has 0 N–H and O–H groups in total. The van der Waals surface area contributed by atoms with Gasteiger partial charge in [-0.3, -0.25) is 0 Å². The molecule has 0 spiro atoms. The van der Waals surface area contributed by atoms with E-state index >= 15 is 0 Å². The Kier molecular flexibility index (Phi) is 13.8. The van der Waals surface area contributed by atoms with E-state index in [1.165, 1.54) is 55.6 Å². The van der Waals surface area contributed by atoms with E-state index in [1.54, 1.807) is 21.0 Å². The number of allylic oxidation sites excluding steroid dienone is 4. The summed E-state index contributed by atoms with van der Waals surface area (Å²) in [5, 5.41) is 0. The Hall–Kier alpha value is -2.32. The van der Waals surface area contributed by atoms with Crippen molar-refractivity contribution < 1.29 is 21.0 Å². The summed E-state index contributed by atoms with van der Waals surface area (Å²) < 4.78 is 5.08. The molecular formula is C55H74Cl2Hf. The number of hydrogen-bond donors (Lipinski definition) is 0. The van der Waals surface area contributed by atoms with Gasteiger partial charge in [0.15, 0.2) is 0 Å². The Balaban J connectivity index is 0.00000372. The molecule has 4 aromatic rings. The van der Waals surface area contributed by atoms with Crippen molar-refractivity contribution in [1.29, 1.82) is 0 Å². The predicted octanol–water partition coefficient (Wildman–Crippen LogP) is 15.2. The molecule has 0 nitrogen and oxygen atoms in total. The SMILES string of the molecule is CC(C)(C)c1ccc([C](c2ccc(C(C)(C)C)cc2)=[Hf]([C]2=CC=CC2)[c]2c3c(cc(C(C)(C)C)c2C(C)(C)C)-c2cc(C(C)(C)C)c(C(C)(C)C)cc2C3)cc1.Cl.Cl. The molecule has 4 aromatic carbocycles. The first-order valence-corrected chi connectivity index (χ1v) is 26.7. The van der Waals surface area contributed by atoms with E-state index in [-0.39, 0.29) is 57.3 Å². The van der Waals surface area contributed by atoms with E-state index in [1.807, 2.05) is 0 Å². The molecule has 3 heteroatoms. The van der Waals surface area contributed by atoms with Crippen LogP contribution in [0, 0.1) is 0 Å². The molecule has 2 aliphatic carbocycles. The van der Waals surface area contributed by atoms with Crippen LogP contribution in [0.2, 0.25) is 0 Å². The van der Waals surface area contributed by atoms with Crippen molar-refractivity contribution >= 4 is 31.4 Å². The Labute approximate surface area is 374 Å². The number of fused-ring (bicyclic) bond motifs is 3. The van der Waals surface area contributed by atoms with Gasteiger partial charge in [0.2, 0.25) is 0 Å². The second kappa shape index (κ2) is 16.5. The molecule has 0 radical (unpaired) electrons. The van der Waals surface area contributed by atoms with Crippen LogP contribution in [0.5, 0.6) is 0 Å². The Bertz CT molecular complexity index is 2190. The van der Waals surface area contributed by atoms with E-state index in [9.17, 15) is 0 Å².